The number of carbonyl (C=O) groups excluding carboxylic acids is 2. The first kappa shape index (κ1) is 41.0. The molecule has 0 unspecified atom stereocenters. The molecule has 4 aromatic carbocycles. The number of piperidine rings is 1. The molecule has 14 heteroatoms. The molecule has 0 atom stereocenters. The fourth-order valence-corrected chi connectivity index (χ4v) is 7.29. The summed E-state index contributed by atoms with van der Waals surface area (Å²) in [6.45, 7) is 6.68. The second-order valence-electron chi connectivity index (χ2n) is 14.4. The monoisotopic (exact) mass is 790 g/mol. The van der Waals surface area contributed by atoms with Crippen molar-refractivity contribution in [2.24, 2.45) is 0 Å². The zero-order valence-corrected chi connectivity index (χ0v) is 31.8. The van der Waals surface area contributed by atoms with Crippen molar-refractivity contribution in [3.8, 4) is 16.9 Å². The number of amides is 1. The molecule has 9 nitrogen and oxygen atoms in total. The number of aromatic nitrogens is 2. The van der Waals surface area contributed by atoms with Crippen molar-refractivity contribution in [1.29, 1.82) is 0 Å². The molecule has 0 spiro atoms. The lowest BCUT2D eigenvalue weighted by atomic mass is 9.95. The molecular weight excluding hydrogens is 747 g/mol. The van der Waals surface area contributed by atoms with E-state index in [1.165, 1.54) is 36.4 Å². The van der Waals surface area contributed by atoms with Crippen LogP contribution in [0, 0.1) is 11.6 Å². The Hall–Kier alpha value is -5.63. The number of para-hydroxylation sites is 1. The smallest absolute Gasteiger partial charge is 0.465 e. The van der Waals surface area contributed by atoms with Crippen molar-refractivity contribution in [1.82, 2.24) is 19.4 Å². The van der Waals surface area contributed by atoms with Crippen LogP contribution in [0.4, 0.5) is 22.0 Å². The number of carbonyl (C=O) groups is 2. The summed E-state index contributed by atoms with van der Waals surface area (Å²) in [5.41, 5.74) is 1.42. The van der Waals surface area contributed by atoms with Gasteiger partial charge in [0.25, 0.3) is 5.56 Å². The number of nitrogens with zero attached hydrogens (tertiary/aromatic N) is 4. The first-order valence-electron chi connectivity index (χ1n) is 18.7. The number of benzene rings is 4. The maximum absolute atomic E-state index is 14.7. The average molecular weight is 791 g/mol. The van der Waals surface area contributed by atoms with Crippen LogP contribution in [0.3, 0.4) is 0 Å². The molecule has 5 aromatic rings. The van der Waals surface area contributed by atoms with E-state index < -0.39 is 29.1 Å². The van der Waals surface area contributed by atoms with Gasteiger partial charge in [0.05, 0.1) is 17.5 Å². The van der Waals surface area contributed by atoms with E-state index in [2.05, 4.69) is 9.72 Å². The number of halogens is 5. The molecule has 1 saturated heterocycles. The van der Waals surface area contributed by atoms with Gasteiger partial charge in [0.15, 0.2) is 11.6 Å². The van der Waals surface area contributed by atoms with E-state index in [9.17, 15) is 36.3 Å². The second-order valence-corrected chi connectivity index (χ2v) is 14.4. The number of esters is 1. The molecule has 0 N–H and O–H groups in total. The number of hydrogen-bond acceptors (Lipinski definition) is 7. The van der Waals surface area contributed by atoms with Crippen molar-refractivity contribution >= 4 is 22.8 Å². The lowest BCUT2D eigenvalue weighted by molar-refractivity contribution is -0.274. The minimum Gasteiger partial charge on any atom is -0.465 e. The van der Waals surface area contributed by atoms with Crippen LogP contribution in [0.1, 0.15) is 50.6 Å². The Kier molecular flexibility index (Phi) is 12.4. The molecular formula is C43H43F5N4O5. The Morgan fingerprint density at radius 2 is 1.51 bits per heavy atom. The molecule has 1 aliphatic rings. The number of fused-ring (bicyclic) bond motifs is 1. The number of aryl methyl sites for hydroxylation is 2. The highest BCUT2D eigenvalue weighted by molar-refractivity contribution is 5.82. The molecule has 1 amide bonds. The van der Waals surface area contributed by atoms with Gasteiger partial charge in [-0.1, -0.05) is 60.7 Å². The summed E-state index contributed by atoms with van der Waals surface area (Å²) in [4.78, 5) is 48.8. The van der Waals surface area contributed by atoms with Crippen molar-refractivity contribution in [3.63, 3.8) is 0 Å². The molecule has 0 bridgehead atoms. The average Bonchev–Trinajstić information content (AvgIpc) is 3.19. The predicted molar refractivity (Wildman–Crippen MR) is 204 cm³/mol. The maximum Gasteiger partial charge on any atom is 0.573 e. The standard InChI is InChI=1S/C43H43F5N4O5/c1-4-56-41(55)42(2,3)50-24-22-32(23-25-50)51(26-28-12-14-29(15-13-28)30-16-19-33(20-17-30)57-43(46,47)48)38(53)27-52-36-11-6-5-9-34(36)40(54)49-37(52)21-18-31-8-7-10-35(44)39(31)45/h5-17,19-20,32H,4,18,21-27H2,1-3H3. The van der Waals surface area contributed by atoms with E-state index in [1.807, 2.05) is 43.0 Å². The lowest BCUT2D eigenvalue weighted by Gasteiger charge is -2.44. The van der Waals surface area contributed by atoms with Gasteiger partial charge in [-0.2, -0.15) is 4.98 Å². The van der Waals surface area contributed by atoms with Gasteiger partial charge in [-0.25, -0.2) is 8.78 Å². The van der Waals surface area contributed by atoms with E-state index in [4.69, 9.17) is 4.74 Å². The summed E-state index contributed by atoms with van der Waals surface area (Å²) in [6.07, 6.45) is -3.61. The van der Waals surface area contributed by atoms with Crippen molar-refractivity contribution in [2.45, 2.75) is 77.5 Å². The van der Waals surface area contributed by atoms with E-state index in [-0.39, 0.29) is 67.6 Å². The highest BCUT2D eigenvalue weighted by Crippen LogP contribution is 2.29. The van der Waals surface area contributed by atoms with E-state index in [1.54, 1.807) is 40.7 Å². The summed E-state index contributed by atoms with van der Waals surface area (Å²) in [6, 6.07) is 23.3. The van der Waals surface area contributed by atoms with Crippen LogP contribution in [0.15, 0.2) is 95.8 Å². The summed E-state index contributed by atoms with van der Waals surface area (Å²) >= 11 is 0. The minimum atomic E-state index is -4.80. The van der Waals surface area contributed by atoms with Crippen LogP contribution in [-0.2, 0) is 40.3 Å². The topological polar surface area (TPSA) is 94.0 Å². The molecule has 1 aromatic heterocycles. The van der Waals surface area contributed by atoms with Gasteiger partial charge < -0.3 is 18.9 Å². The molecule has 6 rings (SSSR count). The van der Waals surface area contributed by atoms with Gasteiger partial charge in [0.2, 0.25) is 5.91 Å². The van der Waals surface area contributed by atoms with Crippen LogP contribution in [-0.4, -0.2) is 68.9 Å². The van der Waals surface area contributed by atoms with Crippen LogP contribution in [0.25, 0.3) is 22.0 Å². The predicted octanol–water partition coefficient (Wildman–Crippen LogP) is 7.86. The van der Waals surface area contributed by atoms with Crippen LogP contribution in [0.2, 0.25) is 0 Å². The second kappa shape index (κ2) is 17.2. The highest BCUT2D eigenvalue weighted by atomic mass is 19.4. The van der Waals surface area contributed by atoms with Crippen LogP contribution in [0.5, 0.6) is 5.75 Å². The van der Waals surface area contributed by atoms with E-state index in [0.717, 1.165) is 17.2 Å². The molecule has 0 radical (unpaired) electrons. The molecule has 1 aliphatic heterocycles. The zero-order valence-electron chi connectivity index (χ0n) is 31.8. The SMILES string of the molecule is CCOC(=O)C(C)(C)N1CCC(N(Cc2ccc(-c3ccc(OC(F)(F)F)cc3)cc2)C(=O)Cn2c(CCc3cccc(F)c3F)nc(=O)c3ccccc32)CC1. The zero-order chi connectivity index (χ0) is 40.9. The van der Waals surface area contributed by atoms with Gasteiger partial charge >= 0.3 is 12.3 Å². The molecule has 300 valence electrons. The number of hydrogen-bond donors (Lipinski definition) is 0. The maximum atomic E-state index is 14.7. The third-order valence-corrected chi connectivity index (χ3v) is 10.4. The third kappa shape index (κ3) is 9.67. The quantitative estimate of drug-likeness (QED) is 0.0886. The van der Waals surface area contributed by atoms with Crippen molar-refractivity contribution < 1.29 is 41.0 Å². The van der Waals surface area contributed by atoms with Gasteiger partial charge in [-0.3, -0.25) is 19.3 Å². The minimum absolute atomic E-state index is 0.0332. The fraction of sp³-hybridized carbons (Fsp3) is 0.349. The first-order valence-corrected chi connectivity index (χ1v) is 18.7. The van der Waals surface area contributed by atoms with Crippen LogP contribution >= 0.6 is 0 Å². The van der Waals surface area contributed by atoms with Gasteiger partial charge in [-0.05, 0) is 92.6 Å². The normalized spacial score (nSPS) is 14.1. The number of alkyl halides is 3. The van der Waals surface area contributed by atoms with E-state index in [0.29, 0.717) is 42.4 Å². The highest BCUT2D eigenvalue weighted by Gasteiger charge is 2.40. The van der Waals surface area contributed by atoms with Crippen LogP contribution < -0.4 is 10.3 Å². The molecule has 0 aliphatic carbocycles. The van der Waals surface area contributed by atoms with Crippen molar-refractivity contribution in [2.75, 3.05) is 19.7 Å². The molecule has 1 fully saturated rings. The first-order chi connectivity index (χ1) is 27.1. The summed E-state index contributed by atoms with van der Waals surface area (Å²) in [5.74, 6) is -2.65. The third-order valence-electron chi connectivity index (χ3n) is 10.4. The Balaban J connectivity index is 1.29. The summed E-state index contributed by atoms with van der Waals surface area (Å²) < 4.78 is 77.7. The van der Waals surface area contributed by atoms with Gasteiger partial charge in [-0.15, -0.1) is 13.2 Å². The Bertz CT molecular complexity index is 2270. The fourth-order valence-electron chi connectivity index (χ4n) is 7.29. The Labute approximate surface area is 326 Å². The van der Waals surface area contributed by atoms with E-state index >= 15 is 0 Å². The lowest BCUT2D eigenvalue weighted by Crippen LogP contribution is -2.56. The number of likely N-dealkylation sites (tertiary alicyclic amines) is 1. The Morgan fingerprint density at radius 3 is 2.16 bits per heavy atom. The van der Waals surface area contributed by atoms with Crippen molar-refractivity contribution in [3.05, 3.63) is 130 Å². The number of rotatable bonds is 13. The summed E-state index contributed by atoms with van der Waals surface area (Å²) in [5, 5.41) is 0.306. The molecule has 0 saturated carbocycles. The number of ether oxygens (including phenoxy) is 2. The molecule has 2 heterocycles. The largest absolute Gasteiger partial charge is 0.573 e. The molecule has 57 heavy (non-hydrogen) atoms. The van der Waals surface area contributed by atoms with Gasteiger partial charge in [0, 0.05) is 32.1 Å². The summed E-state index contributed by atoms with van der Waals surface area (Å²) in [7, 11) is 0. The van der Waals surface area contributed by atoms with Gasteiger partial charge in [0.1, 0.15) is 23.7 Å². The Morgan fingerprint density at radius 1 is 0.860 bits per heavy atom.